The van der Waals surface area contributed by atoms with Crippen molar-refractivity contribution in [2.75, 3.05) is 6.61 Å². The third kappa shape index (κ3) is 3.05. The van der Waals surface area contributed by atoms with Gasteiger partial charge >= 0.3 is 5.91 Å². The molecule has 0 bridgehead atoms. The molecule has 7 heteroatoms. The molecule has 27 heavy (non-hydrogen) atoms. The highest BCUT2D eigenvalue weighted by Gasteiger charge is 2.16. The lowest BCUT2D eigenvalue weighted by Crippen LogP contribution is -2.13. The fourth-order valence-corrected chi connectivity index (χ4v) is 4.43. The molecule has 0 atom stereocenters. The van der Waals surface area contributed by atoms with Crippen LogP contribution >= 0.6 is 22.9 Å². The van der Waals surface area contributed by atoms with Crippen LogP contribution in [-0.2, 0) is 7.05 Å². The number of ether oxygens (including phenoxy) is 1. The zero-order chi connectivity index (χ0) is 19.1. The molecule has 0 N–H and O–H groups in total. The summed E-state index contributed by atoms with van der Waals surface area (Å²) in [4.78, 5) is 17.5. The number of amides is 1. The molecule has 0 aliphatic heterocycles. The maximum absolute atomic E-state index is 12.7. The number of hydrogen-bond donors (Lipinski definition) is 0. The number of carbonyl (C=O) groups is 1. The monoisotopic (exact) mass is 400 g/mol. The standard InChI is InChI=1S/C20H17ClN2O3S/c1-4-25-14-7-5-6-12-10-15(26-17(12)14)19(24)22-20-23(3)16-11(2)8-9-13(21)18(16)27-20/h5-10H,4H2,1-3H3. The Bertz CT molecular complexity index is 1250. The van der Waals surface area contributed by atoms with Crippen molar-refractivity contribution in [3.05, 3.63) is 57.5 Å². The Morgan fingerprint density at radius 3 is 2.89 bits per heavy atom. The van der Waals surface area contributed by atoms with E-state index in [-0.39, 0.29) is 5.76 Å². The van der Waals surface area contributed by atoms with Gasteiger partial charge in [-0.05, 0) is 37.6 Å². The first-order valence-electron chi connectivity index (χ1n) is 8.48. The highest BCUT2D eigenvalue weighted by Crippen LogP contribution is 2.30. The van der Waals surface area contributed by atoms with Gasteiger partial charge in [0.15, 0.2) is 21.9 Å². The van der Waals surface area contributed by atoms with Gasteiger partial charge in [-0.1, -0.05) is 41.1 Å². The molecule has 2 aromatic heterocycles. The molecule has 2 aromatic carbocycles. The Kier molecular flexibility index (Phi) is 4.53. The number of carbonyl (C=O) groups excluding carboxylic acids is 1. The summed E-state index contributed by atoms with van der Waals surface area (Å²) in [5.74, 6) is 0.353. The first-order valence-corrected chi connectivity index (χ1v) is 9.68. The van der Waals surface area contributed by atoms with Crippen LogP contribution in [0.5, 0.6) is 5.75 Å². The van der Waals surface area contributed by atoms with E-state index >= 15 is 0 Å². The number of nitrogens with zero attached hydrogens (tertiary/aromatic N) is 2. The first kappa shape index (κ1) is 17.8. The molecule has 0 fully saturated rings. The van der Waals surface area contributed by atoms with E-state index in [1.807, 2.05) is 55.8 Å². The van der Waals surface area contributed by atoms with Gasteiger partial charge in [-0.3, -0.25) is 4.79 Å². The Morgan fingerprint density at radius 1 is 1.33 bits per heavy atom. The van der Waals surface area contributed by atoms with Crippen molar-refractivity contribution in [2.45, 2.75) is 13.8 Å². The van der Waals surface area contributed by atoms with Crippen molar-refractivity contribution in [1.82, 2.24) is 4.57 Å². The summed E-state index contributed by atoms with van der Waals surface area (Å²) in [6.45, 7) is 4.43. The minimum Gasteiger partial charge on any atom is -0.490 e. The molecular weight excluding hydrogens is 384 g/mol. The fourth-order valence-electron chi connectivity index (χ4n) is 3.06. The molecule has 0 aliphatic rings. The molecule has 0 radical (unpaired) electrons. The number of aryl methyl sites for hydroxylation is 2. The Balaban J connectivity index is 1.82. The zero-order valence-corrected chi connectivity index (χ0v) is 16.6. The Labute approximate surface area is 164 Å². The van der Waals surface area contributed by atoms with Gasteiger partial charge in [-0.2, -0.15) is 4.99 Å². The number of rotatable bonds is 3. The topological polar surface area (TPSA) is 56.7 Å². The summed E-state index contributed by atoms with van der Waals surface area (Å²) < 4.78 is 14.1. The molecule has 5 nitrogen and oxygen atoms in total. The first-order chi connectivity index (χ1) is 13.0. The van der Waals surface area contributed by atoms with Crippen LogP contribution in [0.1, 0.15) is 23.0 Å². The van der Waals surface area contributed by atoms with Crippen LogP contribution in [0, 0.1) is 6.92 Å². The van der Waals surface area contributed by atoms with Gasteiger partial charge in [0.05, 0.1) is 21.8 Å². The minimum absolute atomic E-state index is 0.178. The van der Waals surface area contributed by atoms with Gasteiger partial charge in [0.1, 0.15) is 0 Å². The van der Waals surface area contributed by atoms with Crippen LogP contribution in [0.25, 0.3) is 21.2 Å². The Morgan fingerprint density at radius 2 is 2.15 bits per heavy atom. The number of hydrogen-bond acceptors (Lipinski definition) is 4. The SMILES string of the molecule is CCOc1cccc2cc(C(=O)N=c3sc4c(Cl)ccc(C)c4n3C)oc12. The third-order valence-electron chi connectivity index (χ3n) is 4.32. The van der Waals surface area contributed by atoms with E-state index in [0.29, 0.717) is 27.8 Å². The molecule has 0 saturated heterocycles. The van der Waals surface area contributed by atoms with Crippen LogP contribution in [0.4, 0.5) is 0 Å². The van der Waals surface area contributed by atoms with Crippen LogP contribution in [0.3, 0.4) is 0 Å². The van der Waals surface area contributed by atoms with Gasteiger partial charge < -0.3 is 13.7 Å². The van der Waals surface area contributed by atoms with Gasteiger partial charge in [-0.15, -0.1) is 0 Å². The molecule has 0 aliphatic carbocycles. The maximum atomic E-state index is 12.7. The van der Waals surface area contributed by atoms with Crippen molar-refractivity contribution < 1.29 is 13.9 Å². The van der Waals surface area contributed by atoms with Crippen molar-refractivity contribution >= 4 is 50.0 Å². The van der Waals surface area contributed by atoms with Crippen molar-refractivity contribution in [2.24, 2.45) is 12.0 Å². The van der Waals surface area contributed by atoms with E-state index < -0.39 is 5.91 Å². The lowest BCUT2D eigenvalue weighted by molar-refractivity contribution is 0.0973. The normalized spacial score (nSPS) is 12.2. The van der Waals surface area contributed by atoms with Crippen LogP contribution < -0.4 is 9.54 Å². The smallest absolute Gasteiger partial charge is 0.315 e. The van der Waals surface area contributed by atoms with Gasteiger partial charge in [0.25, 0.3) is 0 Å². The molecule has 1 amide bonds. The zero-order valence-electron chi connectivity index (χ0n) is 15.1. The van der Waals surface area contributed by atoms with E-state index in [1.165, 1.54) is 11.3 Å². The predicted molar refractivity (Wildman–Crippen MR) is 108 cm³/mol. The van der Waals surface area contributed by atoms with E-state index in [4.69, 9.17) is 20.8 Å². The molecule has 4 aromatic rings. The number of furan rings is 1. The number of halogens is 1. The number of fused-ring (bicyclic) bond motifs is 2. The Hall–Kier alpha value is -2.57. The van der Waals surface area contributed by atoms with Gasteiger partial charge in [0.2, 0.25) is 0 Å². The second-order valence-electron chi connectivity index (χ2n) is 6.12. The molecule has 0 unspecified atom stereocenters. The molecule has 0 spiro atoms. The number of thiazole rings is 1. The second kappa shape index (κ2) is 6.87. The molecule has 0 saturated carbocycles. The molecule has 2 heterocycles. The summed E-state index contributed by atoms with van der Waals surface area (Å²) in [6, 6.07) is 11.1. The lowest BCUT2D eigenvalue weighted by atomic mass is 10.2. The van der Waals surface area contributed by atoms with Crippen molar-refractivity contribution in [1.29, 1.82) is 0 Å². The summed E-state index contributed by atoms with van der Waals surface area (Å²) in [6.07, 6.45) is 0. The van der Waals surface area contributed by atoms with E-state index in [1.54, 1.807) is 6.07 Å². The summed E-state index contributed by atoms with van der Waals surface area (Å²) >= 11 is 7.69. The average Bonchev–Trinajstić information content (AvgIpc) is 3.22. The minimum atomic E-state index is -0.440. The van der Waals surface area contributed by atoms with Gasteiger partial charge in [-0.25, -0.2) is 0 Å². The fraction of sp³-hybridized carbons (Fsp3) is 0.200. The lowest BCUT2D eigenvalue weighted by Gasteiger charge is -2.02. The molecule has 138 valence electrons. The number of benzene rings is 2. The number of aromatic nitrogens is 1. The summed E-state index contributed by atoms with van der Waals surface area (Å²) in [5, 5.41) is 1.45. The van der Waals surface area contributed by atoms with E-state index in [9.17, 15) is 4.79 Å². The van der Waals surface area contributed by atoms with Gasteiger partial charge in [0, 0.05) is 12.4 Å². The van der Waals surface area contributed by atoms with Crippen LogP contribution in [-0.4, -0.2) is 17.1 Å². The second-order valence-corrected chi connectivity index (χ2v) is 7.51. The van der Waals surface area contributed by atoms with Crippen molar-refractivity contribution in [3.8, 4) is 5.75 Å². The van der Waals surface area contributed by atoms with E-state index in [2.05, 4.69) is 4.99 Å². The van der Waals surface area contributed by atoms with Crippen molar-refractivity contribution in [3.63, 3.8) is 0 Å². The predicted octanol–water partition coefficient (Wildman–Crippen LogP) is 5.09. The third-order valence-corrected chi connectivity index (χ3v) is 5.91. The van der Waals surface area contributed by atoms with Crippen LogP contribution in [0.15, 0.2) is 45.8 Å². The largest absolute Gasteiger partial charge is 0.490 e. The molecular formula is C20H17ClN2O3S. The van der Waals surface area contributed by atoms with E-state index in [0.717, 1.165) is 21.2 Å². The highest BCUT2D eigenvalue weighted by atomic mass is 35.5. The summed E-state index contributed by atoms with van der Waals surface area (Å²) in [7, 11) is 1.88. The van der Waals surface area contributed by atoms with Crippen LogP contribution in [0.2, 0.25) is 5.02 Å². The molecule has 4 rings (SSSR count). The quantitative estimate of drug-likeness (QED) is 0.481. The number of para-hydroxylation sites is 1. The average molecular weight is 401 g/mol. The maximum Gasteiger partial charge on any atom is 0.315 e. The highest BCUT2D eigenvalue weighted by molar-refractivity contribution is 7.17. The summed E-state index contributed by atoms with van der Waals surface area (Å²) in [5.41, 5.74) is 2.60.